The van der Waals surface area contributed by atoms with Crippen LogP contribution in [0.2, 0.25) is 0 Å². The third kappa shape index (κ3) is 2.77. The van der Waals surface area contributed by atoms with Gasteiger partial charge in [-0.3, -0.25) is 4.90 Å². The van der Waals surface area contributed by atoms with Gasteiger partial charge in [-0.1, -0.05) is 40.2 Å². The van der Waals surface area contributed by atoms with Crippen LogP contribution in [0.4, 0.5) is 4.39 Å². The summed E-state index contributed by atoms with van der Waals surface area (Å²) in [7, 11) is 0. The van der Waals surface area contributed by atoms with Crippen LogP contribution in [-0.4, -0.2) is 23.1 Å². The van der Waals surface area contributed by atoms with Gasteiger partial charge in [0.25, 0.3) is 0 Å². The highest BCUT2D eigenvalue weighted by Crippen LogP contribution is 2.33. The van der Waals surface area contributed by atoms with Crippen molar-refractivity contribution in [3.63, 3.8) is 0 Å². The Balaban J connectivity index is 1.64. The maximum absolute atomic E-state index is 12.9. The molecule has 2 aromatic rings. The van der Waals surface area contributed by atoms with Gasteiger partial charge in [-0.2, -0.15) is 0 Å². The van der Waals surface area contributed by atoms with Crippen LogP contribution in [0.3, 0.4) is 0 Å². The van der Waals surface area contributed by atoms with Gasteiger partial charge >= 0.3 is 0 Å². The summed E-state index contributed by atoms with van der Waals surface area (Å²) in [5.41, 5.74) is 1.14. The number of hydrogen-bond acceptors (Lipinski definition) is 2. The second kappa shape index (κ2) is 5.28. The molecule has 1 heterocycles. The summed E-state index contributed by atoms with van der Waals surface area (Å²) in [5, 5.41) is 10.5. The van der Waals surface area contributed by atoms with E-state index in [1.165, 1.54) is 17.7 Å². The van der Waals surface area contributed by atoms with Crippen molar-refractivity contribution in [1.82, 2.24) is 4.90 Å². The lowest BCUT2D eigenvalue weighted by Crippen LogP contribution is -2.58. The molecule has 1 fully saturated rings. The van der Waals surface area contributed by atoms with Gasteiger partial charge in [0.05, 0.1) is 0 Å². The fraction of sp³-hybridized carbons (Fsp3) is 0.250. The molecule has 0 aromatic heterocycles. The summed E-state index contributed by atoms with van der Waals surface area (Å²) in [6.07, 6.45) is 0. The van der Waals surface area contributed by atoms with Gasteiger partial charge in [0.15, 0.2) is 0 Å². The Kier molecular flexibility index (Phi) is 3.63. The Morgan fingerprint density at radius 3 is 2.50 bits per heavy atom. The molecule has 1 N–H and O–H groups in total. The summed E-state index contributed by atoms with van der Waals surface area (Å²) in [5.74, 6) is -0.275. The van der Waals surface area contributed by atoms with E-state index in [9.17, 15) is 9.50 Å². The Labute approximate surface area is 126 Å². The number of hydrogen-bond donors (Lipinski definition) is 1. The van der Waals surface area contributed by atoms with Crippen molar-refractivity contribution in [3.8, 4) is 0 Å². The highest BCUT2D eigenvalue weighted by molar-refractivity contribution is 9.10. The van der Waals surface area contributed by atoms with Crippen molar-refractivity contribution in [2.24, 2.45) is 0 Å². The Hall–Kier alpha value is -1.23. The van der Waals surface area contributed by atoms with Crippen LogP contribution in [0.1, 0.15) is 11.1 Å². The number of likely N-dealkylation sites (tertiary alicyclic amines) is 1. The van der Waals surface area contributed by atoms with E-state index in [0.717, 1.165) is 16.6 Å². The predicted molar refractivity (Wildman–Crippen MR) is 79.7 cm³/mol. The zero-order valence-corrected chi connectivity index (χ0v) is 12.5. The van der Waals surface area contributed by atoms with Crippen LogP contribution < -0.4 is 0 Å². The number of aliphatic hydroxyl groups is 1. The molecule has 0 radical (unpaired) electrons. The van der Waals surface area contributed by atoms with Crippen LogP contribution >= 0.6 is 15.9 Å². The molecule has 0 saturated carbocycles. The highest BCUT2D eigenvalue weighted by Gasteiger charge is 2.42. The van der Waals surface area contributed by atoms with Gasteiger partial charge < -0.3 is 5.11 Å². The van der Waals surface area contributed by atoms with E-state index in [1.54, 1.807) is 12.1 Å². The van der Waals surface area contributed by atoms with Gasteiger partial charge in [0.2, 0.25) is 0 Å². The zero-order chi connectivity index (χ0) is 14.2. The van der Waals surface area contributed by atoms with Crippen LogP contribution in [0.15, 0.2) is 53.0 Å². The maximum Gasteiger partial charge on any atom is 0.123 e. The molecule has 0 bridgehead atoms. The lowest BCUT2D eigenvalue weighted by molar-refractivity contribution is -0.108. The molecule has 1 saturated heterocycles. The minimum absolute atomic E-state index is 0.275. The van der Waals surface area contributed by atoms with E-state index in [4.69, 9.17) is 0 Å². The molecule has 0 aliphatic carbocycles. The van der Waals surface area contributed by atoms with Gasteiger partial charge in [-0.15, -0.1) is 0 Å². The number of β-amino-alcohol motifs (C(OH)–C–C–N with tert-alkyl or cyclic N) is 1. The quantitative estimate of drug-likeness (QED) is 0.930. The van der Waals surface area contributed by atoms with Crippen LogP contribution in [0.5, 0.6) is 0 Å². The summed E-state index contributed by atoms with van der Waals surface area (Å²) in [4.78, 5) is 2.17. The number of nitrogens with zero attached hydrogens (tertiary/aromatic N) is 1. The van der Waals surface area contributed by atoms with E-state index in [-0.39, 0.29) is 5.82 Å². The first-order chi connectivity index (χ1) is 9.55. The fourth-order valence-corrected chi connectivity index (χ4v) is 3.09. The van der Waals surface area contributed by atoms with Crippen molar-refractivity contribution < 1.29 is 9.50 Å². The van der Waals surface area contributed by atoms with Gasteiger partial charge in [-0.25, -0.2) is 4.39 Å². The monoisotopic (exact) mass is 335 g/mol. The average molecular weight is 336 g/mol. The molecule has 1 aliphatic heterocycles. The van der Waals surface area contributed by atoms with E-state index >= 15 is 0 Å². The molecule has 0 atom stereocenters. The van der Waals surface area contributed by atoms with Gasteiger partial charge in [0.1, 0.15) is 11.4 Å². The standard InChI is InChI=1S/C16H15BrFNO/c17-14-3-1-2-12(8-14)9-19-10-16(20,11-19)13-4-6-15(18)7-5-13/h1-8,20H,9-11H2. The molecular weight excluding hydrogens is 321 g/mol. The lowest BCUT2D eigenvalue weighted by Gasteiger charge is -2.47. The van der Waals surface area contributed by atoms with E-state index in [0.29, 0.717) is 13.1 Å². The molecule has 0 unspecified atom stereocenters. The molecule has 4 heteroatoms. The molecule has 0 amide bonds. The third-order valence-corrected chi connectivity index (χ3v) is 4.14. The first kappa shape index (κ1) is 13.7. The topological polar surface area (TPSA) is 23.5 Å². The number of halogens is 2. The summed E-state index contributed by atoms with van der Waals surface area (Å²) in [6, 6.07) is 14.3. The molecule has 2 nitrogen and oxygen atoms in total. The molecule has 0 spiro atoms. The fourth-order valence-electron chi connectivity index (χ4n) is 2.64. The molecule has 2 aromatic carbocycles. The van der Waals surface area contributed by atoms with E-state index < -0.39 is 5.60 Å². The highest BCUT2D eigenvalue weighted by atomic mass is 79.9. The third-order valence-electron chi connectivity index (χ3n) is 3.65. The molecule has 20 heavy (non-hydrogen) atoms. The second-order valence-electron chi connectivity index (χ2n) is 5.31. The Morgan fingerprint density at radius 2 is 1.85 bits per heavy atom. The normalized spacial score (nSPS) is 17.8. The predicted octanol–water partition coefficient (Wildman–Crippen LogP) is 3.29. The maximum atomic E-state index is 12.9. The smallest absolute Gasteiger partial charge is 0.123 e. The van der Waals surface area contributed by atoms with E-state index in [2.05, 4.69) is 33.0 Å². The first-order valence-electron chi connectivity index (χ1n) is 6.50. The number of rotatable bonds is 3. The SMILES string of the molecule is OC1(c2ccc(F)cc2)CN(Cc2cccc(Br)c2)C1. The molecule has 1 aliphatic rings. The number of benzene rings is 2. The van der Waals surface area contributed by atoms with Crippen molar-refractivity contribution in [2.75, 3.05) is 13.1 Å². The summed E-state index contributed by atoms with van der Waals surface area (Å²) >= 11 is 3.45. The molecule has 104 valence electrons. The van der Waals surface area contributed by atoms with Crippen LogP contribution in [0, 0.1) is 5.82 Å². The van der Waals surface area contributed by atoms with Gasteiger partial charge in [0, 0.05) is 24.1 Å². The van der Waals surface area contributed by atoms with Gasteiger partial charge in [-0.05, 0) is 35.4 Å². The summed E-state index contributed by atoms with van der Waals surface area (Å²) < 4.78 is 14.0. The first-order valence-corrected chi connectivity index (χ1v) is 7.30. The Bertz CT molecular complexity index is 608. The lowest BCUT2D eigenvalue weighted by atomic mass is 9.86. The van der Waals surface area contributed by atoms with Crippen molar-refractivity contribution in [3.05, 3.63) is 69.9 Å². The largest absolute Gasteiger partial charge is 0.382 e. The van der Waals surface area contributed by atoms with Crippen LogP contribution in [0.25, 0.3) is 0 Å². The van der Waals surface area contributed by atoms with Crippen molar-refractivity contribution in [1.29, 1.82) is 0 Å². The molecule has 3 rings (SSSR count). The van der Waals surface area contributed by atoms with Crippen molar-refractivity contribution in [2.45, 2.75) is 12.1 Å². The Morgan fingerprint density at radius 1 is 1.15 bits per heavy atom. The minimum Gasteiger partial charge on any atom is -0.382 e. The minimum atomic E-state index is -0.848. The second-order valence-corrected chi connectivity index (χ2v) is 6.23. The summed E-state index contributed by atoms with van der Waals surface area (Å²) in [6.45, 7) is 1.96. The molecular formula is C16H15BrFNO. The van der Waals surface area contributed by atoms with Crippen molar-refractivity contribution >= 4 is 15.9 Å². The van der Waals surface area contributed by atoms with E-state index in [1.807, 2.05) is 12.1 Å². The average Bonchev–Trinajstić information content (AvgIpc) is 2.37. The van der Waals surface area contributed by atoms with Crippen LogP contribution in [-0.2, 0) is 12.1 Å². The zero-order valence-electron chi connectivity index (χ0n) is 10.9.